The first kappa shape index (κ1) is 22.3. The highest BCUT2D eigenvalue weighted by atomic mass is 32.1. The summed E-state index contributed by atoms with van der Waals surface area (Å²) in [6.07, 6.45) is 8.16. The molecule has 1 unspecified atom stereocenters. The van der Waals surface area contributed by atoms with Crippen molar-refractivity contribution < 1.29 is 5.11 Å². The molecular formula is C29H21N7OS. The van der Waals surface area contributed by atoms with Crippen molar-refractivity contribution in [2.75, 3.05) is 5.32 Å². The Morgan fingerprint density at radius 3 is 2.58 bits per heavy atom. The van der Waals surface area contributed by atoms with Gasteiger partial charge in [-0.15, -0.1) is 11.3 Å². The number of nitrogens with one attached hydrogen (secondary N) is 3. The Kier molecular flexibility index (Phi) is 5.42. The minimum atomic E-state index is -0.843. The molecule has 1 atom stereocenters. The molecular weight excluding hydrogens is 494 g/mol. The Labute approximate surface area is 221 Å². The first-order chi connectivity index (χ1) is 18.7. The van der Waals surface area contributed by atoms with E-state index in [0.717, 1.165) is 49.9 Å². The van der Waals surface area contributed by atoms with Crippen LogP contribution in [0.15, 0.2) is 97.0 Å². The van der Waals surface area contributed by atoms with Crippen LogP contribution in [0.5, 0.6) is 0 Å². The molecule has 184 valence electrons. The van der Waals surface area contributed by atoms with Gasteiger partial charge in [0.05, 0.1) is 29.3 Å². The zero-order valence-corrected chi connectivity index (χ0v) is 20.8. The number of hydrogen-bond donors (Lipinski definition) is 4. The monoisotopic (exact) mass is 515 g/mol. The minimum Gasteiger partial charge on any atom is -0.369 e. The summed E-state index contributed by atoms with van der Waals surface area (Å²) >= 11 is 1.69. The first-order valence-electron chi connectivity index (χ1n) is 12.0. The van der Waals surface area contributed by atoms with E-state index < -0.39 is 6.23 Å². The molecule has 7 rings (SSSR count). The van der Waals surface area contributed by atoms with Gasteiger partial charge in [-0.1, -0.05) is 36.4 Å². The molecule has 0 fully saturated rings. The fourth-order valence-electron chi connectivity index (χ4n) is 4.63. The number of thiophene rings is 1. The third-order valence-corrected chi connectivity index (χ3v) is 7.40. The van der Waals surface area contributed by atoms with E-state index in [1.807, 2.05) is 54.9 Å². The lowest BCUT2D eigenvalue weighted by atomic mass is 10.1. The SMILES string of the molecule is OC(Nc1cncc(-c2cnc3[nH]nc(-c4cc5c(-c6cccs6)cncc5[nH]4)c3c2)c1)c1ccccc1. The Morgan fingerprint density at radius 2 is 1.71 bits per heavy atom. The lowest BCUT2D eigenvalue weighted by molar-refractivity contribution is 0.208. The third kappa shape index (κ3) is 4.00. The van der Waals surface area contributed by atoms with Crippen LogP contribution in [0, 0.1) is 0 Å². The van der Waals surface area contributed by atoms with Crippen LogP contribution in [0.2, 0.25) is 0 Å². The summed E-state index contributed by atoms with van der Waals surface area (Å²) in [7, 11) is 0. The van der Waals surface area contributed by atoms with Gasteiger partial charge in [0.15, 0.2) is 11.9 Å². The molecule has 0 aliphatic carbocycles. The summed E-state index contributed by atoms with van der Waals surface area (Å²) in [6, 6.07) is 19.7. The van der Waals surface area contributed by atoms with E-state index in [9.17, 15) is 5.11 Å². The van der Waals surface area contributed by atoms with Gasteiger partial charge in [0.25, 0.3) is 0 Å². The Balaban J connectivity index is 1.25. The number of pyridine rings is 3. The van der Waals surface area contributed by atoms with Crippen LogP contribution < -0.4 is 5.32 Å². The molecule has 0 bridgehead atoms. The van der Waals surface area contributed by atoms with Crippen LogP contribution >= 0.6 is 11.3 Å². The van der Waals surface area contributed by atoms with E-state index in [0.29, 0.717) is 11.3 Å². The zero-order valence-electron chi connectivity index (χ0n) is 20.0. The average molecular weight is 516 g/mol. The number of aliphatic hydroxyl groups excluding tert-OH is 1. The molecule has 7 aromatic rings. The van der Waals surface area contributed by atoms with Crippen molar-refractivity contribution in [2.45, 2.75) is 6.23 Å². The van der Waals surface area contributed by atoms with Crippen molar-refractivity contribution in [1.82, 2.24) is 30.1 Å². The first-order valence-corrected chi connectivity index (χ1v) is 12.9. The molecule has 6 heterocycles. The molecule has 9 heteroatoms. The summed E-state index contributed by atoms with van der Waals surface area (Å²) in [6.45, 7) is 0. The lowest BCUT2D eigenvalue weighted by Gasteiger charge is -2.15. The molecule has 0 amide bonds. The quantitative estimate of drug-likeness (QED) is 0.191. The number of fused-ring (bicyclic) bond motifs is 2. The molecule has 38 heavy (non-hydrogen) atoms. The van der Waals surface area contributed by atoms with Gasteiger partial charge >= 0.3 is 0 Å². The summed E-state index contributed by atoms with van der Waals surface area (Å²) in [5.41, 5.74) is 7.65. The van der Waals surface area contributed by atoms with Crippen molar-refractivity contribution in [3.63, 3.8) is 0 Å². The van der Waals surface area contributed by atoms with Crippen molar-refractivity contribution in [1.29, 1.82) is 0 Å². The lowest BCUT2D eigenvalue weighted by Crippen LogP contribution is -2.09. The van der Waals surface area contributed by atoms with E-state index >= 15 is 0 Å². The van der Waals surface area contributed by atoms with Gasteiger partial charge in [0.2, 0.25) is 0 Å². The second kappa shape index (κ2) is 9.22. The number of benzene rings is 1. The van der Waals surface area contributed by atoms with Crippen LogP contribution in [-0.2, 0) is 0 Å². The highest BCUT2D eigenvalue weighted by Gasteiger charge is 2.16. The topological polar surface area (TPSA) is 115 Å². The second-order valence-corrected chi connectivity index (χ2v) is 9.87. The fraction of sp³-hybridized carbons (Fsp3) is 0.0345. The van der Waals surface area contributed by atoms with E-state index in [1.165, 1.54) is 4.88 Å². The molecule has 4 N–H and O–H groups in total. The summed E-state index contributed by atoms with van der Waals surface area (Å²) < 4.78 is 0. The average Bonchev–Trinajstić information content (AvgIpc) is 3.73. The van der Waals surface area contributed by atoms with Crippen molar-refractivity contribution >= 4 is 39.0 Å². The molecule has 0 aliphatic heterocycles. The maximum atomic E-state index is 10.6. The van der Waals surface area contributed by atoms with E-state index in [-0.39, 0.29) is 0 Å². The van der Waals surface area contributed by atoms with E-state index in [1.54, 1.807) is 29.9 Å². The standard InChI is InChI=1S/C29H21N7OS/c37-29(17-5-2-1-3-6-17)33-20-9-18(12-30-14-20)19-10-22-27(35-36-28(22)32-13-19)24-11-21-23(26-7-4-8-38-26)15-31-16-25(21)34-24/h1-16,29,33-34,37H,(H,32,35,36). The molecule has 0 saturated carbocycles. The highest BCUT2D eigenvalue weighted by Crippen LogP contribution is 2.35. The molecule has 0 radical (unpaired) electrons. The van der Waals surface area contributed by atoms with Crippen LogP contribution in [0.1, 0.15) is 11.8 Å². The van der Waals surface area contributed by atoms with Crippen LogP contribution in [0.4, 0.5) is 5.69 Å². The minimum absolute atomic E-state index is 0.695. The fourth-order valence-corrected chi connectivity index (χ4v) is 5.38. The number of nitrogens with zero attached hydrogens (tertiary/aromatic N) is 4. The second-order valence-electron chi connectivity index (χ2n) is 8.92. The number of anilines is 1. The van der Waals surface area contributed by atoms with Crippen LogP contribution in [0.3, 0.4) is 0 Å². The van der Waals surface area contributed by atoms with Gasteiger partial charge in [-0.2, -0.15) is 5.10 Å². The normalized spacial score (nSPS) is 12.2. The predicted molar refractivity (Wildman–Crippen MR) is 151 cm³/mol. The Hall–Kier alpha value is -4.86. The van der Waals surface area contributed by atoms with Gasteiger partial charge in [0, 0.05) is 56.5 Å². The smallest absolute Gasteiger partial charge is 0.155 e. The number of aliphatic hydroxyl groups is 1. The Morgan fingerprint density at radius 1 is 0.842 bits per heavy atom. The summed E-state index contributed by atoms with van der Waals surface area (Å²) in [5, 5.41) is 25.4. The molecule has 0 spiro atoms. The van der Waals surface area contributed by atoms with Crippen molar-refractivity contribution in [3.8, 4) is 33.0 Å². The molecule has 0 aliphatic rings. The number of rotatable bonds is 6. The molecule has 0 saturated heterocycles. The van der Waals surface area contributed by atoms with E-state index in [4.69, 9.17) is 0 Å². The number of H-pyrrole nitrogens is 2. The number of aromatic nitrogens is 6. The van der Waals surface area contributed by atoms with E-state index in [2.05, 4.69) is 59.0 Å². The maximum absolute atomic E-state index is 10.6. The molecule has 1 aromatic carbocycles. The predicted octanol–water partition coefficient (Wildman–Crippen LogP) is 6.39. The van der Waals surface area contributed by atoms with Crippen molar-refractivity contribution in [2.24, 2.45) is 0 Å². The Bertz CT molecular complexity index is 1880. The molecule has 8 nitrogen and oxygen atoms in total. The largest absolute Gasteiger partial charge is 0.369 e. The highest BCUT2D eigenvalue weighted by molar-refractivity contribution is 7.13. The summed E-state index contributed by atoms with van der Waals surface area (Å²) in [5.74, 6) is 0. The van der Waals surface area contributed by atoms with Gasteiger partial charge in [-0.25, -0.2) is 4.98 Å². The summed E-state index contributed by atoms with van der Waals surface area (Å²) in [4.78, 5) is 18.1. The maximum Gasteiger partial charge on any atom is 0.155 e. The third-order valence-electron chi connectivity index (χ3n) is 6.49. The van der Waals surface area contributed by atoms with Gasteiger partial charge in [0.1, 0.15) is 5.69 Å². The zero-order chi connectivity index (χ0) is 25.5. The van der Waals surface area contributed by atoms with Gasteiger partial charge < -0.3 is 15.4 Å². The van der Waals surface area contributed by atoms with Gasteiger partial charge in [-0.3, -0.25) is 15.1 Å². The molecule has 6 aromatic heterocycles. The van der Waals surface area contributed by atoms with Crippen LogP contribution in [0.25, 0.3) is 54.9 Å². The number of aromatic amines is 2. The van der Waals surface area contributed by atoms with Crippen LogP contribution in [-0.4, -0.2) is 35.2 Å². The number of hydrogen-bond acceptors (Lipinski definition) is 7. The van der Waals surface area contributed by atoms with Gasteiger partial charge in [-0.05, 0) is 29.6 Å². The van der Waals surface area contributed by atoms with Crippen molar-refractivity contribution in [3.05, 3.63) is 103 Å².